The Balaban J connectivity index is 2.48. The van der Waals surface area contributed by atoms with Gasteiger partial charge in [-0.1, -0.05) is 39.7 Å². The molecule has 1 atom stereocenters. The Labute approximate surface area is 121 Å². The maximum atomic E-state index is 11.9. The third kappa shape index (κ3) is 4.59. The van der Waals surface area contributed by atoms with Gasteiger partial charge in [0.05, 0.1) is 17.2 Å². The predicted molar refractivity (Wildman–Crippen MR) is 77.7 cm³/mol. The highest BCUT2D eigenvalue weighted by atomic mass is 79.9. The maximum Gasteiger partial charge on any atom is 0.252 e. The lowest BCUT2D eigenvalue weighted by Crippen LogP contribution is -2.27. The molecule has 0 radical (unpaired) electrons. The number of alkyl halides is 1. The summed E-state index contributed by atoms with van der Waals surface area (Å²) >= 11 is 9.56. The molecule has 0 aliphatic heterocycles. The van der Waals surface area contributed by atoms with Crippen LogP contribution >= 0.6 is 27.5 Å². The Morgan fingerprint density at radius 2 is 2.28 bits per heavy atom. The molecule has 0 fully saturated rings. The van der Waals surface area contributed by atoms with E-state index < -0.39 is 0 Å². The largest absolute Gasteiger partial charge is 0.384 e. The van der Waals surface area contributed by atoms with Crippen LogP contribution in [-0.2, 0) is 4.74 Å². The van der Waals surface area contributed by atoms with E-state index in [9.17, 15) is 4.79 Å². The summed E-state index contributed by atoms with van der Waals surface area (Å²) < 4.78 is 5.00. The van der Waals surface area contributed by atoms with Gasteiger partial charge in [-0.3, -0.25) is 4.79 Å². The number of halogens is 2. The molecule has 100 valence electrons. The van der Waals surface area contributed by atoms with Gasteiger partial charge in [0, 0.05) is 18.5 Å². The van der Waals surface area contributed by atoms with E-state index in [-0.39, 0.29) is 10.7 Å². The van der Waals surface area contributed by atoms with E-state index in [1.165, 1.54) is 0 Å². The van der Waals surface area contributed by atoms with E-state index in [0.29, 0.717) is 23.7 Å². The van der Waals surface area contributed by atoms with Crippen molar-refractivity contribution in [3.8, 4) is 0 Å². The van der Waals surface area contributed by atoms with Gasteiger partial charge in [0.25, 0.3) is 5.91 Å². The number of rotatable bonds is 6. The van der Waals surface area contributed by atoms with Crippen molar-refractivity contribution in [2.45, 2.75) is 18.2 Å². The molecule has 0 saturated heterocycles. The van der Waals surface area contributed by atoms with Crippen molar-refractivity contribution in [3.63, 3.8) is 0 Å². The highest BCUT2D eigenvalue weighted by Crippen LogP contribution is 2.20. The number of hydrogen-bond acceptors (Lipinski definition) is 2. The van der Waals surface area contributed by atoms with Crippen molar-refractivity contribution in [2.24, 2.45) is 0 Å². The van der Waals surface area contributed by atoms with Crippen molar-refractivity contribution in [1.82, 2.24) is 5.32 Å². The van der Waals surface area contributed by atoms with Crippen LogP contribution in [-0.4, -0.2) is 31.0 Å². The van der Waals surface area contributed by atoms with Crippen LogP contribution in [0.25, 0.3) is 0 Å². The highest BCUT2D eigenvalue weighted by molar-refractivity contribution is 9.09. The molecule has 1 unspecified atom stereocenters. The van der Waals surface area contributed by atoms with Gasteiger partial charge in [-0.25, -0.2) is 0 Å². The van der Waals surface area contributed by atoms with E-state index in [1.54, 1.807) is 13.2 Å². The van der Waals surface area contributed by atoms with Gasteiger partial charge in [-0.05, 0) is 25.0 Å². The van der Waals surface area contributed by atoms with E-state index in [4.69, 9.17) is 16.3 Å². The summed E-state index contributed by atoms with van der Waals surface area (Å²) in [6, 6.07) is 5.44. The molecule has 0 aliphatic carbocycles. The fourth-order valence-electron chi connectivity index (χ4n) is 1.52. The van der Waals surface area contributed by atoms with Crippen molar-refractivity contribution in [2.75, 3.05) is 20.3 Å². The van der Waals surface area contributed by atoms with Crippen LogP contribution in [0.3, 0.4) is 0 Å². The molecule has 3 nitrogen and oxygen atoms in total. The zero-order valence-corrected chi connectivity index (χ0v) is 12.8. The van der Waals surface area contributed by atoms with E-state index in [2.05, 4.69) is 21.2 Å². The van der Waals surface area contributed by atoms with Crippen LogP contribution in [0.4, 0.5) is 0 Å². The van der Waals surface area contributed by atoms with Gasteiger partial charge in [-0.15, -0.1) is 0 Å². The number of carbonyl (C=O) groups is 1. The van der Waals surface area contributed by atoms with Crippen LogP contribution in [0.15, 0.2) is 18.2 Å². The molecular formula is C13H17BrClNO2. The predicted octanol–water partition coefficient (Wildman–Crippen LogP) is 3.18. The molecule has 1 amide bonds. The Kier molecular flexibility index (Phi) is 6.68. The summed E-state index contributed by atoms with van der Waals surface area (Å²) in [6.07, 6.45) is 0.809. The summed E-state index contributed by atoms with van der Waals surface area (Å²) in [5, 5.41) is 3.36. The van der Waals surface area contributed by atoms with Crippen LogP contribution in [0.1, 0.15) is 22.3 Å². The molecule has 5 heteroatoms. The fourth-order valence-corrected chi connectivity index (χ4v) is 2.23. The number of benzene rings is 1. The molecule has 1 aromatic rings. The second-order valence-electron chi connectivity index (χ2n) is 4.03. The Bertz CT molecular complexity index is 412. The van der Waals surface area contributed by atoms with Gasteiger partial charge in [0.2, 0.25) is 0 Å². The Morgan fingerprint density at radius 3 is 2.94 bits per heavy atom. The molecule has 0 saturated carbocycles. The zero-order valence-electron chi connectivity index (χ0n) is 10.5. The molecule has 0 heterocycles. The first-order valence-electron chi connectivity index (χ1n) is 5.72. The number of amides is 1. The van der Waals surface area contributed by atoms with Crippen molar-refractivity contribution >= 4 is 33.4 Å². The van der Waals surface area contributed by atoms with E-state index in [0.717, 1.165) is 12.0 Å². The number of methoxy groups -OCH3 is 1. The quantitative estimate of drug-likeness (QED) is 0.812. The summed E-state index contributed by atoms with van der Waals surface area (Å²) in [4.78, 5) is 12.2. The summed E-state index contributed by atoms with van der Waals surface area (Å²) in [5.41, 5.74) is 1.43. The smallest absolute Gasteiger partial charge is 0.252 e. The molecule has 0 aromatic heterocycles. The normalized spacial score (nSPS) is 12.2. The zero-order chi connectivity index (χ0) is 13.5. The number of carbonyl (C=O) groups excluding carboxylic acids is 1. The third-order valence-corrected chi connectivity index (χ3v) is 3.75. The van der Waals surface area contributed by atoms with Gasteiger partial charge < -0.3 is 10.1 Å². The molecule has 1 rings (SSSR count). The molecule has 0 aliphatic rings. The minimum Gasteiger partial charge on any atom is -0.384 e. The number of hydrogen-bond donors (Lipinski definition) is 1. The SMILES string of the molecule is COCC(Br)CCNC(=O)c1cccc(C)c1Cl. The molecule has 0 bridgehead atoms. The highest BCUT2D eigenvalue weighted by Gasteiger charge is 2.11. The van der Waals surface area contributed by atoms with Gasteiger partial charge in [0.15, 0.2) is 0 Å². The average Bonchev–Trinajstić information content (AvgIpc) is 2.33. The average molecular weight is 335 g/mol. The number of aryl methyl sites for hydroxylation is 1. The molecular weight excluding hydrogens is 318 g/mol. The molecule has 18 heavy (non-hydrogen) atoms. The second-order valence-corrected chi connectivity index (χ2v) is 5.71. The van der Waals surface area contributed by atoms with E-state index >= 15 is 0 Å². The standard InChI is InChI=1S/C13H17BrClNO2/c1-9-4-3-5-11(12(9)15)13(17)16-7-6-10(14)8-18-2/h3-5,10H,6-8H2,1-2H3,(H,16,17). The minimum atomic E-state index is -0.138. The van der Waals surface area contributed by atoms with Crippen LogP contribution in [0, 0.1) is 6.92 Å². The fraction of sp³-hybridized carbons (Fsp3) is 0.462. The van der Waals surface area contributed by atoms with Crippen molar-refractivity contribution in [1.29, 1.82) is 0 Å². The summed E-state index contributed by atoms with van der Waals surface area (Å²) in [7, 11) is 1.65. The van der Waals surface area contributed by atoms with E-state index in [1.807, 2.05) is 19.1 Å². The van der Waals surface area contributed by atoms with Crippen LogP contribution < -0.4 is 5.32 Å². The van der Waals surface area contributed by atoms with Gasteiger partial charge in [0.1, 0.15) is 0 Å². The first-order valence-corrected chi connectivity index (χ1v) is 7.02. The van der Waals surface area contributed by atoms with Gasteiger partial charge >= 0.3 is 0 Å². The lowest BCUT2D eigenvalue weighted by Gasteiger charge is -2.10. The van der Waals surface area contributed by atoms with Crippen molar-refractivity contribution < 1.29 is 9.53 Å². The number of nitrogens with one attached hydrogen (secondary N) is 1. The van der Waals surface area contributed by atoms with Crippen LogP contribution in [0.5, 0.6) is 0 Å². The van der Waals surface area contributed by atoms with Gasteiger partial charge in [-0.2, -0.15) is 0 Å². The Morgan fingerprint density at radius 1 is 1.56 bits per heavy atom. The molecule has 1 aromatic carbocycles. The monoisotopic (exact) mass is 333 g/mol. The first-order chi connectivity index (χ1) is 8.56. The maximum absolute atomic E-state index is 11.9. The lowest BCUT2D eigenvalue weighted by atomic mass is 10.1. The Hall–Kier alpha value is -0.580. The van der Waals surface area contributed by atoms with Crippen LogP contribution in [0.2, 0.25) is 5.02 Å². The lowest BCUT2D eigenvalue weighted by molar-refractivity contribution is 0.0952. The minimum absolute atomic E-state index is 0.138. The summed E-state index contributed by atoms with van der Waals surface area (Å²) in [5.74, 6) is -0.138. The second kappa shape index (κ2) is 7.77. The topological polar surface area (TPSA) is 38.3 Å². The molecule has 1 N–H and O–H groups in total. The summed E-state index contributed by atoms with van der Waals surface area (Å²) in [6.45, 7) is 3.09. The van der Waals surface area contributed by atoms with Crippen molar-refractivity contribution in [3.05, 3.63) is 34.3 Å². The molecule has 0 spiro atoms. The third-order valence-electron chi connectivity index (χ3n) is 2.53. The first kappa shape index (κ1) is 15.5. The number of ether oxygens (including phenoxy) is 1.